The van der Waals surface area contributed by atoms with Crippen molar-refractivity contribution in [3.8, 4) is 0 Å². The Balaban J connectivity index is 1.66. The first-order valence-corrected chi connectivity index (χ1v) is 8.48. The SMILES string of the molecule is CCCOC(C)CN1CCN(CCc2ccccc2F)CC1. The van der Waals surface area contributed by atoms with Crippen molar-refractivity contribution in [1.29, 1.82) is 0 Å². The number of rotatable bonds is 8. The van der Waals surface area contributed by atoms with Crippen LogP contribution in [0.1, 0.15) is 25.8 Å². The lowest BCUT2D eigenvalue weighted by atomic mass is 10.1. The first kappa shape index (κ1) is 17.4. The summed E-state index contributed by atoms with van der Waals surface area (Å²) < 4.78 is 19.4. The minimum atomic E-state index is -0.0805. The highest BCUT2D eigenvalue weighted by Crippen LogP contribution is 2.10. The number of benzene rings is 1. The third-order valence-electron chi connectivity index (χ3n) is 4.24. The van der Waals surface area contributed by atoms with Crippen LogP contribution in [0.25, 0.3) is 0 Å². The van der Waals surface area contributed by atoms with Crippen LogP contribution in [-0.2, 0) is 11.2 Å². The fourth-order valence-corrected chi connectivity index (χ4v) is 2.91. The molecule has 1 aliphatic heterocycles. The van der Waals surface area contributed by atoms with Gasteiger partial charge >= 0.3 is 0 Å². The topological polar surface area (TPSA) is 15.7 Å². The molecule has 0 aromatic heterocycles. The molecule has 0 saturated carbocycles. The Morgan fingerprint density at radius 1 is 1.14 bits per heavy atom. The Morgan fingerprint density at radius 3 is 2.50 bits per heavy atom. The van der Waals surface area contributed by atoms with Crippen LogP contribution in [0.15, 0.2) is 24.3 Å². The normalized spacial score (nSPS) is 18.5. The predicted molar refractivity (Wildman–Crippen MR) is 88.7 cm³/mol. The third kappa shape index (κ3) is 5.67. The maximum Gasteiger partial charge on any atom is 0.126 e. The number of piperazine rings is 1. The van der Waals surface area contributed by atoms with E-state index >= 15 is 0 Å². The van der Waals surface area contributed by atoms with Gasteiger partial charge in [-0.2, -0.15) is 0 Å². The smallest absolute Gasteiger partial charge is 0.126 e. The molecular formula is C18H29FN2O. The molecule has 3 nitrogen and oxygen atoms in total. The van der Waals surface area contributed by atoms with Crippen molar-refractivity contribution < 1.29 is 9.13 Å². The van der Waals surface area contributed by atoms with Crippen LogP contribution in [0.3, 0.4) is 0 Å². The number of halogens is 1. The minimum Gasteiger partial charge on any atom is -0.377 e. The third-order valence-corrected chi connectivity index (χ3v) is 4.24. The molecule has 1 atom stereocenters. The van der Waals surface area contributed by atoms with E-state index in [0.29, 0.717) is 6.10 Å². The molecule has 1 fully saturated rings. The molecule has 1 saturated heterocycles. The molecular weight excluding hydrogens is 279 g/mol. The Bertz CT molecular complexity index is 433. The largest absolute Gasteiger partial charge is 0.377 e. The lowest BCUT2D eigenvalue weighted by molar-refractivity contribution is 0.0240. The molecule has 0 N–H and O–H groups in total. The quantitative estimate of drug-likeness (QED) is 0.734. The first-order valence-electron chi connectivity index (χ1n) is 8.48. The van der Waals surface area contributed by atoms with E-state index in [0.717, 1.165) is 64.3 Å². The molecule has 1 aromatic carbocycles. The molecule has 2 rings (SSSR count). The van der Waals surface area contributed by atoms with E-state index < -0.39 is 0 Å². The summed E-state index contributed by atoms with van der Waals surface area (Å²) in [5.41, 5.74) is 0.825. The van der Waals surface area contributed by atoms with Gasteiger partial charge in [-0.3, -0.25) is 4.90 Å². The standard InChI is InChI=1S/C18H29FN2O/c1-3-14-22-16(2)15-21-12-10-20(11-13-21)9-8-17-6-4-5-7-18(17)19/h4-7,16H,3,8-15H2,1-2H3. The Kier molecular flexibility index (Phi) is 7.30. The van der Waals surface area contributed by atoms with Crippen molar-refractivity contribution in [1.82, 2.24) is 9.80 Å². The van der Waals surface area contributed by atoms with Crippen LogP contribution >= 0.6 is 0 Å². The second-order valence-corrected chi connectivity index (χ2v) is 6.17. The van der Waals surface area contributed by atoms with Crippen LogP contribution in [0.4, 0.5) is 4.39 Å². The molecule has 1 unspecified atom stereocenters. The predicted octanol–water partition coefficient (Wildman–Crippen LogP) is 2.80. The Labute approximate surface area is 134 Å². The Morgan fingerprint density at radius 2 is 1.82 bits per heavy atom. The summed E-state index contributed by atoms with van der Waals surface area (Å²) in [5, 5.41) is 0. The van der Waals surface area contributed by atoms with Gasteiger partial charge in [-0.05, 0) is 31.4 Å². The van der Waals surface area contributed by atoms with Crippen LogP contribution in [-0.4, -0.2) is 61.8 Å². The molecule has 0 spiro atoms. The number of hydrogen-bond donors (Lipinski definition) is 0. The molecule has 1 heterocycles. The molecule has 0 aliphatic carbocycles. The summed E-state index contributed by atoms with van der Waals surface area (Å²) >= 11 is 0. The fourth-order valence-electron chi connectivity index (χ4n) is 2.91. The number of ether oxygens (including phenoxy) is 1. The van der Waals surface area contributed by atoms with Gasteiger partial charge in [-0.15, -0.1) is 0 Å². The van der Waals surface area contributed by atoms with Gasteiger partial charge in [0.05, 0.1) is 6.10 Å². The second kappa shape index (κ2) is 9.23. The van der Waals surface area contributed by atoms with E-state index in [1.54, 1.807) is 12.1 Å². The fraction of sp³-hybridized carbons (Fsp3) is 0.667. The average Bonchev–Trinajstić information content (AvgIpc) is 2.53. The Hall–Kier alpha value is -0.970. The van der Waals surface area contributed by atoms with E-state index in [4.69, 9.17) is 4.74 Å². The van der Waals surface area contributed by atoms with Crippen molar-refractivity contribution in [2.45, 2.75) is 32.8 Å². The number of hydrogen-bond acceptors (Lipinski definition) is 3. The highest BCUT2D eigenvalue weighted by atomic mass is 19.1. The molecule has 1 aliphatic rings. The van der Waals surface area contributed by atoms with Crippen LogP contribution in [0.5, 0.6) is 0 Å². The summed E-state index contributed by atoms with van der Waals surface area (Å²) in [5.74, 6) is -0.0805. The van der Waals surface area contributed by atoms with Gasteiger partial charge in [0.1, 0.15) is 5.82 Å². The highest BCUT2D eigenvalue weighted by Gasteiger charge is 2.18. The monoisotopic (exact) mass is 308 g/mol. The van der Waals surface area contributed by atoms with Crippen molar-refractivity contribution in [2.75, 3.05) is 45.9 Å². The van der Waals surface area contributed by atoms with Crippen LogP contribution in [0.2, 0.25) is 0 Å². The van der Waals surface area contributed by atoms with Crippen LogP contribution in [0, 0.1) is 5.82 Å². The zero-order chi connectivity index (χ0) is 15.8. The molecule has 0 radical (unpaired) electrons. The molecule has 4 heteroatoms. The molecule has 22 heavy (non-hydrogen) atoms. The van der Waals surface area contributed by atoms with Gasteiger partial charge in [0, 0.05) is 45.9 Å². The van der Waals surface area contributed by atoms with Crippen molar-refractivity contribution in [3.05, 3.63) is 35.6 Å². The maximum atomic E-state index is 13.6. The summed E-state index contributed by atoms with van der Waals surface area (Å²) in [6.07, 6.45) is 2.18. The summed E-state index contributed by atoms with van der Waals surface area (Å²) in [6.45, 7) is 11.4. The summed E-state index contributed by atoms with van der Waals surface area (Å²) in [6, 6.07) is 7.09. The number of nitrogens with zero attached hydrogens (tertiary/aromatic N) is 2. The zero-order valence-corrected chi connectivity index (χ0v) is 13.9. The lowest BCUT2D eigenvalue weighted by Gasteiger charge is -2.35. The van der Waals surface area contributed by atoms with E-state index in [9.17, 15) is 4.39 Å². The lowest BCUT2D eigenvalue weighted by Crippen LogP contribution is -2.48. The van der Waals surface area contributed by atoms with E-state index in [2.05, 4.69) is 23.6 Å². The van der Waals surface area contributed by atoms with Crippen molar-refractivity contribution in [3.63, 3.8) is 0 Å². The first-order chi connectivity index (χ1) is 10.7. The van der Waals surface area contributed by atoms with Crippen LogP contribution < -0.4 is 0 Å². The summed E-state index contributed by atoms with van der Waals surface area (Å²) in [7, 11) is 0. The van der Waals surface area contributed by atoms with Gasteiger partial charge in [-0.25, -0.2) is 4.39 Å². The maximum absolute atomic E-state index is 13.6. The van der Waals surface area contributed by atoms with Gasteiger partial charge < -0.3 is 9.64 Å². The molecule has 0 amide bonds. The molecule has 124 valence electrons. The highest BCUT2D eigenvalue weighted by molar-refractivity contribution is 5.17. The minimum absolute atomic E-state index is 0.0805. The molecule has 0 bridgehead atoms. The average molecular weight is 308 g/mol. The van der Waals surface area contributed by atoms with E-state index in [1.165, 1.54) is 0 Å². The van der Waals surface area contributed by atoms with E-state index in [-0.39, 0.29) is 5.82 Å². The van der Waals surface area contributed by atoms with Crippen molar-refractivity contribution in [2.24, 2.45) is 0 Å². The van der Waals surface area contributed by atoms with Gasteiger partial charge in [0.25, 0.3) is 0 Å². The van der Waals surface area contributed by atoms with Gasteiger partial charge in [0.2, 0.25) is 0 Å². The zero-order valence-electron chi connectivity index (χ0n) is 13.9. The summed E-state index contributed by atoms with van der Waals surface area (Å²) in [4.78, 5) is 4.90. The van der Waals surface area contributed by atoms with Gasteiger partial charge in [0.15, 0.2) is 0 Å². The second-order valence-electron chi connectivity index (χ2n) is 6.17. The van der Waals surface area contributed by atoms with Crippen molar-refractivity contribution >= 4 is 0 Å². The van der Waals surface area contributed by atoms with Gasteiger partial charge in [-0.1, -0.05) is 25.1 Å². The molecule has 1 aromatic rings. The van der Waals surface area contributed by atoms with E-state index in [1.807, 2.05) is 12.1 Å².